The molecule has 1 aliphatic heterocycles. The number of rotatable bonds is 4. The smallest absolute Gasteiger partial charge is 0.227 e. The Balaban J connectivity index is 1.50. The average Bonchev–Trinajstić information content (AvgIpc) is 2.64. The van der Waals surface area contributed by atoms with E-state index >= 15 is 0 Å². The summed E-state index contributed by atoms with van der Waals surface area (Å²) in [5, 5.41) is 12.5. The van der Waals surface area contributed by atoms with Gasteiger partial charge in [-0.05, 0) is 49.8 Å². The number of anilines is 1. The van der Waals surface area contributed by atoms with E-state index in [1.165, 1.54) is 0 Å². The van der Waals surface area contributed by atoms with Crippen molar-refractivity contribution in [1.82, 2.24) is 4.90 Å². The summed E-state index contributed by atoms with van der Waals surface area (Å²) in [6.45, 7) is 1.26. The Labute approximate surface area is 148 Å². The molecule has 2 aliphatic rings. The van der Waals surface area contributed by atoms with Crippen LogP contribution in [-0.4, -0.2) is 41.0 Å². The summed E-state index contributed by atoms with van der Waals surface area (Å²) in [5.41, 5.74) is 1.71. The third-order valence-electron chi connectivity index (χ3n) is 5.03. The van der Waals surface area contributed by atoms with Crippen LogP contribution in [0, 0.1) is 5.92 Å². The van der Waals surface area contributed by atoms with Gasteiger partial charge in [-0.3, -0.25) is 9.59 Å². The lowest BCUT2D eigenvalue weighted by Crippen LogP contribution is -2.40. The normalized spacial score (nSPS) is 21.2. The van der Waals surface area contributed by atoms with Crippen molar-refractivity contribution in [3.63, 3.8) is 0 Å². The number of carbonyl (C=O) groups is 2. The van der Waals surface area contributed by atoms with E-state index in [1.807, 2.05) is 29.2 Å². The lowest BCUT2D eigenvalue weighted by Gasteiger charge is -2.29. The fraction of sp³-hybridized carbons (Fsp3) is 0.500. The first-order valence-electron chi connectivity index (χ1n) is 9.12. The van der Waals surface area contributed by atoms with Gasteiger partial charge in [0.1, 0.15) is 0 Å². The lowest BCUT2D eigenvalue weighted by atomic mass is 9.93. The zero-order chi connectivity index (χ0) is 17.6. The van der Waals surface area contributed by atoms with Gasteiger partial charge in [-0.25, -0.2) is 0 Å². The van der Waals surface area contributed by atoms with Crippen LogP contribution in [0.1, 0.15) is 37.7 Å². The Kier molecular flexibility index (Phi) is 5.87. The van der Waals surface area contributed by atoms with Crippen molar-refractivity contribution in [1.29, 1.82) is 0 Å². The molecule has 1 fully saturated rings. The summed E-state index contributed by atoms with van der Waals surface area (Å²) in [6.07, 6.45) is 8.28. The monoisotopic (exact) mass is 342 g/mol. The van der Waals surface area contributed by atoms with Crippen LogP contribution >= 0.6 is 0 Å². The maximum atomic E-state index is 12.3. The SMILES string of the molecule is O=C(Nc1ccc(CC(=O)N2CCC(O)CC2)cc1)C1CC=CCC1. The Morgan fingerprint density at radius 3 is 2.44 bits per heavy atom. The molecule has 134 valence electrons. The Bertz CT molecular complexity index is 631. The molecule has 2 amide bonds. The lowest BCUT2D eigenvalue weighted by molar-refractivity contribution is -0.132. The molecule has 5 nitrogen and oxygen atoms in total. The molecular formula is C20H26N2O3. The fourth-order valence-electron chi connectivity index (χ4n) is 3.38. The molecule has 5 heteroatoms. The zero-order valence-electron chi connectivity index (χ0n) is 14.5. The quantitative estimate of drug-likeness (QED) is 0.826. The molecule has 2 N–H and O–H groups in total. The van der Waals surface area contributed by atoms with Crippen LogP contribution in [0.5, 0.6) is 0 Å². The van der Waals surface area contributed by atoms with Crippen molar-refractivity contribution in [2.45, 2.75) is 44.6 Å². The van der Waals surface area contributed by atoms with E-state index in [-0.39, 0.29) is 23.8 Å². The van der Waals surface area contributed by atoms with E-state index < -0.39 is 0 Å². The number of nitrogens with one attached hydrogen (secondary N) is 1. The first kappa shape index (κ1) is 17.7. The van der Waals surface area contributed by atoms with Crippen molar-refractivity contribution in [3.8, 4) is 0 Å². The molecule has 0 bridgehead atoms. The number of aliphatic hydroxyl groups excluding tert-OH is 1. The minimum absolute atomic E-state index is 0.0562. The average molecular weight is 342 g/mol. The number of hydrogen-bond donors (Lipinski definition) is 2. The summed E-state index contributed by atoms with van der Waals surface area (Å²) in [5.74, 6) is 0.221. The third-order valence-corrected chi connectivity index (χ3v) is 5.03. The molecule has 1 aromatic carbocycles. The molecule has 1 saturated heterocycles. The predicted molar refractivity (Wildman–Crippen MR) is 97.1 cm³/mol. The highest BCUT2D eigenvalue weighted by Gasteiger charge is 2.21. The Hall–Kier alpha value is -2.14. The highest BCUT2D eigenvalue weighted by atomic mass is 16.3. The van der Waals surface area contributed by atoms with Gasteiger partial charge >= 0.3 is 0 Å². The van der Waals surface area contributed by atoms with E-state index in [4.69, 9.17) is 0 Å². The number of aliphatic hydroxyl groups is 1. The first-order valence-corrected chi connectivity index (χ1v) is 9.12. The van der Waals surface area contributed by atoms with Crippen molar-refractivity contribution in [3.05, 3.63) is 42.0 Å². The topological polar surface area (TPSA) is 69.6 Å². The number of amides is 2. The van der Waals surface area contributed by atoms with Gasteiger partial charge in [-0.15, -0.1) is 0 Å². The number of benzene rings is 1. The number of nitrogens with zero attached hydrogens (tertiary/aromatic N) is 1. The standard InChI is InChI=1S/C20H26N2O3/c23-18-10-12-22(13-11-18)19(24)14-15-6-8-17(9-7-15)21-20(25)16-4-2-1-3-5-16/h1-2,6-9,16,18,23H,3-5,10-14H2,(H,21,25). The van der Waals surface area contributed by atoms with Gasteiger partial charge in [-0.1, -0.05) is 24.3 Å². The second-order valence-corrected chi connectivity index (χ2v) is 6.96. The van der Waals surface area contributed by atoms with Crippen molar-refractivity contribution in [2.24, 2.45) is 5.92 Å². The van der Waals surface area contributed by atoms with E-state index in [0.717, 1.165) is 30.5 Å². The van der Waals surface area contributed by atoms with Crippen molar-refractivity contribution < 1.29 is 14.7 Å². The minimum atomic E-state index is -0.272. The van der Waals surface area contributed by atoms with Gasteiger partial charge < -0.3 is 15.3 Å². The molecule has 1 heterocycles. The Morgan fingerprint density at radius 2 is 1.80 bits per heavy atom. The summed E-state index contributed by atoms with van der Waals surface area (Å²) >= 11 is 0. The van der Waals surface area contributed by atoms with Crippen LogP contribution < -0.4 is 5.32 Å². The van der Waals surface area contributed by atoms with Crippen LogP contribution in [0.25, 0.3) is 0 Å². The van der Waals surface area contributed by atoms with Crippen LogP contribution in [-0.2, 0) is 16.0 Å². The largest absolute Gasteiger partial charge is 0.393 e. The van der Waals surface area contributed by atoms with E-state index in [2.05, 4.69) is 17.5 Å². The molecule has 1 aromatic rings. The molecule has 3 rings (SSSR count). The summed E-state index contributed by atoms with van der Waals surface area (Å²) in [7, 11) is 0. The number of likely N-dealkylation sites (tertiary alicyclic amines) is 1. The van der Waals surface area contributed by atoms with Gasteiger partial charge in [0, 0.05) is 24.7 Å². The number of allylic oxidation sites excluding steroid dienone is 2. The number of hydrogen-bond acceptors (Lipinski definition) is 3. The number of carbonyl (C=O) groups excluding carboxylic acids is 2. The number of piperidine rings is 1. The van der Waals surface area contributed by atoms with Crippen molar-refractivity contribution >= 4 is 17.5 Å². The molecule has 0 radical (unpaired) electrons. The second kappa shape index (κ2) is 8.30. The summed E-state index contributed by atoms with van der Waals surface area (Å²) in [4.78, 5) is 26.4. The maximum Gasteiger partial charge on any atom is 0.227 e. The molecule has 0 spiro atoms. The van der Waals surface area contributed by atoms with Gasteiger partial charge in [0.05, 0.1) is 12.5 Å². The van der Waals surface area contributed by atoms with Crippen LogP contribution in [0.15, 0.2) is 36.4 Å². The van der Waals surface area contributed by atoms with Gasteiger partial charge in [0.15, 0.2) is 0 Å². The maximum absolute atomic E-state index is 12.3. The molecule has 0 aromatic heterocycles. The van der Waals surface area contributed by atoms with E-state index in [1.54, 1.807) is 0 Å². The first-order chi connectivity index (χ1) is 12.1. The minimum Gasteiger partial charge on any atom is -0.393 e. The zero-order valence-corrected chi connectivity index (χ0v) is 14.5. The van der Waals surface area contributed by atoms with Crippen molar-refractivity contribution in [2.75, 3.05) is 18.4 Å². The molecular weight excluding hydrogens is 316 g/mol. The fourth-order valence-corrected chi connectivity index (χ4v) is 3.38. The van der Waals surface area contributed by atoms with Crippen LogP contribution in [0.3, 0.4) is 0 Å². The summed E-state index contributed by atoms with van der Waals surface area (Å²) in [6, 6.07) is 7.51. The Morgan fingerprint density at radius 1 is 1.08 bits per heavy atom. The van der Waals surface area contributed by atoms with Crippen LogP contribution in [0.4, 0.5) is 5.69 Å². The molecule has 25 heavy (non-hydrogen) atoms. The van der Waals surface area contributed by atoms with E-state index in [9.17, 15) is 14.7 Å². The van der Waals surface area contributed by atoms with Gasteiger partial charge in [0.2, 0.25) is 11.8 Å². The molecule has 1 atom stereocenters. The van der Waals surface area contributed by atoms with Gasteiger partial charge in [-0.2, -0.15) is 0 Å². The molecule has 1 unspecified atom stereocenters. The van der Waals surface area contributed by atoms with Crippen LogP contribution in [0.2, 0.25) is 0 Å². The van der Waals surface area contributed by atoms with E-state index in [0.29, 0.717) is 32.4 Å². The van der Waals surface area contributed by atoms with Gasteiger partial charge in [0.25, 0.3) is 0 Å². The molecule has 0 saturated carbocycles. The predicted octanol–water partition coefficient (Wildman–Crippen LogP) is 2.51. The summed E-state index contributed by atoms with van der Waals surface area (Å²) < 4.78 is 0. The molecule has 1 aliphatic carbocycles. The third kappa shape index (κ3) is 4.92. The highest BCUT2D eigenvalue weighted by molar-refractivity contribution is 5.92. The highest BCUT2D eigenvalue weighted by Crippen LogP contribution is 2.21. The second-order valence-electron chi connectivity index (χ2n) is 6.96.